The Labute approximate surface area is 284 Å². The van der Waals surface area contributed by atoms with Crippen LogP contribution in [0.4, 0.5) is 4.79 Å². The van der Waals surface area contributed by atoms with Gasteiger partial charge in [0.05, 0.1) is 11.6 Å². The molecule has 48 heavy (non-hydrogen) atoms. The molecule has 2 aromatic rings. The number of nitrogens with one attached hydrogen (secondary N) is 1. The zero-order valence-electron chi connectivity index (χ0n) is 28.4. The van der Waals surface area contributed by atoms with Crippen LogP contribution >= 0.6 is 0 Å². The van der Waals surface area contributed by atoms with Crippen LogP contribution in [0.1, 0.15) is 88.7 Å². The van der Waals surface area contributed by atoms with Crippen LogP contribution in [0.3, 0.4) is 0 Å². The van der Waals surface area contributed by atoms with Crippen LogP contribution in [0.15, 0.2) is 65.3 Å². The second-order valence-corrected chi connectivity index (χ2v) is 13.4. The summed E-state index contributed by atoms with van der Waals surface area (Å²) >= 11 is 0. The molecule has 6 atom stereocenters. The molecule has 0 aromatic heterocycles. The fourth-order valence-electron chi connectivity index (χ4n) is 8.01. The number of fused-ring (bicyclic) bond motifs is 2. The smallest absolute Gasteiger partial charge is 0.317 e. The number of aromatic hydroxyl groups is 1. The van der Waals surface area contributed by atoms with Crippen LogP contribution in [0.5, 0.6) is 11.5 Å². The van der Waals surface area contributed by atoms with Crippen molar-refractivity contribution in [2.45, 2.75) is 96.0 Å². The van der Waals surface area contributed by atoms with Crippen LogP contribution in [0, 0.1) is 17.8 Å². The largest absolute Gasteiger partial charge is 0.508 e. The van der Waals surface area contributed by atoms with Crippen molar-refractivity contribution in [2.24, 2.45) is 22.9 Å². The number of phenolic OH excluding ortho intramolecular Hbond substituents is 1. The predicted octanol–water partition coefficient (Wildman–Crippen LogP) is 5.85. The quantitative estimate of drug-likeness (QED) is 0.112. The van der Waals surface area contributed by atoms with Crippen LogP contribution in [-0.4, -0.2) is 75.2 Å². The highest BCUT2D eigenvalue weighted by molar-refractivity contribution is 6.03. The fraction of sp³-hybridized carbons (Fsp3) is 0.579. The molecule has 5 rings (SSSR count). The van der Waals surface area contributed by atoms with E-state index in [0.717, 1.165) is 48.8 Å². The number of nitrogens with zero attached hydrogens (tertiary/aromatic N) is 2. The van der Waals surface area contributed by atoms with E-state index in [9.17, 15) is 25.2 Å². The van der Waals surface area contributed by atoms with Gasteiger partial charge in [-0.15, -0.1) is 0 Å². The summed E-state index contributed by atoms with van der Waals surface area (Å²) in [5.41, 5.74) is 3.31. The molecule has 10 nitrogen and oxygen atoms in total. The number of allylic oxidation sites excluding steroid dienone is 1. The Morgan fingerprint density at radius 1 is 1.04 bits per heavy atom. The number of oxime groups is 1. The molecule has 3 aliphatic rings. The third-order valence-corrected chi connectivity index (χ3v) is 10.1. The molecule has 5 N–H and O–H groups in total. The summed E-state index contributed by atoms with van der Waals surface area (Å²) in [5, 5.41) is 50.8. The third kappa shape index (κ3) is 7.66. The van der Waals surface area contributed by atoms with E-state index in [1.807, 2.05) is 44.2 Å². The third-order valence-electron chi connectivity index (χ3n) is 10.1. The van der Waals surface area contributed by atoms with Crippen molar-refractivity contribution in [3.8, 4) is 11.5 Å². The highest BCUT2D eigenvalue weighted by Gasteiger charge is 2.64. The van der Waals surface area contributed by atoms with Crippen molar-refractivity contribution in [1.29, 1.82) is 0 Å². The van der Waals surface area contributed by atoms with Crippen LogP contribution in [0.2, 0.25) is 0 Å². The molecule has 2 aromatic carbocycles. The number of phenols is 1. The molecular weight excluding hydrogens is 610 g/mol. The van der Waals surface area contributed by atoms with Crippen molar-refractivity contribution in [3.63, 3.8) is 0 Å². The van der Waals surface area contributed by atoms with Gasteiger partial charge < -0.3 is 40.2 Å². The highest BCUT2D eigenvalue weighted by atomic mass is 16.6. The Morgan fingerprint density at radius 3 is 2.50 bits per heavy atom. The van der Waals surface area contributed by atoms with Gasteiger partial charge in [-0.3, -0.25) is 0 Å². The van der Waals surface area contributed by atoms with E-state index in [1.165, 1.54) is 0 Å². The van der Waals surface area contributed by atoms with Gasteiger partial charge in [-0.05, 0) is 79.7 Å². The van der Waals surface area contributed by atoms with Gasteiger partial charge in [-0.1, -0.05) is 68.3 Å². The Morgan fingerprint density at radius 2 is 1.79 bits per heavy atom. The Bertz CT molecular complexity index is 1420. The van der Waals surface area contributed by atoms with Crippen molar-refractivity contribution >= 4 is 11.7 Å². The minimum absolute atomic E-state index is 0.0405. The maximum absolute atomic E-state index is 13.8. The number of hydrogen-bond acceptors (Lipinski definition) is 8. The van der Waals surface area contributed by atoms with E-state index >= 15 is 0 Å². The molecular formula is C38H53N3O7. The predicted molar refractivity (Wildman–Crippen MR) is 185 cm³/mol. The van der Waals surface area contributed by atoms with E-state index in [0.29, 0.717) is 43.8 Å². The number of rotatable bonds is 16. The number of hydrogen-bond donors (Lipinski definition) is 5. The number of urea groups is 1. The monoisotopic (exact) mass is 663 g/mol. The van der Waals surface area contributed by atoms with Gasteiger partial charge in [0.15, 0.2) is 0 Å². The second-order valence-electron chi connectivity index (χ2n) is 13.4. The second kappa shape index (κ2) is 16.7. The minimum atomic E-state index is -1.79. The standard InChI is InChI=1S/C38H53N3O7/c1-3-18-39-37(45)41(19-4-2)34-24-32(40-47-25-26-12-6-5-7-13-26)30-22-27(14-8-10-20-42)29(15-9-11-21-43)35-31-23-28(44)16-17-33(31)48-38(34,46)36(30)35/h5-7,12-13,16-17,22-23,27,29,34-36,42-44,46H,3-4,8-11,14-15,18-21,24-25H2,1-2H3,(H,39,45). The lowest BCUT2D eigenvalue weighted by Gasteiger charge is -2.58. The molecule has 1 aliphatic heterocycles. The average molecular weight is 664 g/mol. The fourth-order valence-corrected chi connectivity index (χ4v) is 8.01. The van der Waals surface area contributed by atoms with Crippen molar-refractivity contribution in [3.05, 3.63) is 71.3 Å². The van der Waals surface area contributed by atoms with Crippen molar-refractivity contribution in [1.82, 2.24) is 10.2 Å². The van der Waals surface area contributed by atoms with E-state index < -0.39 is 17.7 Å². The number of aliphatic hydroxyl groups excluding tert-OH is 2. The summed E-state index contributed by atoms with van der Waals surface area (Å²) in [6, 6.07) is 13.8. The number of carbonyl (C=O) groups is 1. The van der Waals surface area contributed by atoms with E-state index in [1.54, 1.807) is 23.1 Å². The van der Waals surface area contributed by atoms with E-state index in [4.69, 9.17) is 14.7 Å². The van der Waals surface area contributed by atoms with E-state index in [-0.39, 0.29) is 55.8 Å². The van der Waals surface area contributed by atoms with Gasteiger partial charge in [0, 0.05) is 44.2 Å². The van der Waals surface area contributed by atoms with Gasteiger partial charge in [0.1, 0.15) is 24.1 Å². The SMILES string of the molecule is CCCNC(=O)N(CCC)C1CC(=NOCc2ccccc2)C2=CC(CCCCO)C(CCCCO)C3c4cc(O)ccc4OC1(O)C23. The molecule has 10 heteroatoms. The zero-order chi connectivity index (χ0) is 34.1. The topological polar surface area (TPSA) is 144 Å². The molecule has 0 spiro atoms. The molecule has 6 unspecified atom stereocenters. The first kappa shape index (κ1) is 35.7. The Balaban J connectivity index is 1.67. The molecule has 0 radical (unpaired) electrons. The van der Waals surface area contributed by atoms with E-state index in [2.05, 4.69) is 11.4 Å². The number of unbranched alkanes of at least 4 members (excludes halogenated alkanes) is 2. The highest BCUT2D eigenvalue weighted by Crippen LogP contribution is 2.60. The summed E-state index contributed by atoms with van der Waals surface area (Å²) in [7, 11) is 0. The first-order chi connectivity index (χ1) is 23.4. The lowest BCUT2D eigenvalue weighted by atomic mass is 9.55. The molecule has 1 heterocycles. The molecule has 0 saturated heterocycles. The minimum Gasteiger partial charge on any atom is -0.508 e. The summed E-state index contributed by atoms with van der Waals surface area (Å²) < 4.78 is 6.65. The summed E-state index contributed by atoms with van der Waals surface area (Å²) in [6.45, 7) is 5.41. The maximum atomic E-state index is 13.8. The number of ether oxygens (including phenoxy) is 1. The first-order valence-corrected chi connectivity index (χ1v) is 17.8. The van der Waals surface area contributed by atoms with Gasteiger partial charge in [-0.25, -0.2) is 4.79 Å². The average Bonchev–Trinajstić information content (AvgIpc) is 3.09. The lowest BCUT2D eigenvalue weighted by molar-refractivity contribution is -0.228. The molecule has 1 saturated carbocycles. The number of carbonyl (C=O) groups excluding carboxylic acids is 1. The number of benzene rings is 2. The van der Waals surface area contributed by atoms with Gasteiger partial charge in [0.25, 0.3) is 0 Å². The van der Waals surface area contributed by atoms with Crippen molar-refractivity contribution < 1.29 is 34.8 Å². The van der Waals surface area contributed by atoms with Gasteiger partial charge >= 0.3 is 6.03 Å². The van der Waals surface area contributed by atoms with Gasteiger partial charge in [-0.2, -0.15) is 0 Å². The van der Waals surface area contributed by atoms with Crippen LogP contribution in [0.25, 0.3) is 0 Å². The summed E-state index contributed by atoms with van der Waals surface area (Å²) in [4.78, 5) is 21.5. The first-order valence-electron chi connectivity index (χ1n) is 17.8. The summed E-state index contributed by atoms with van der Waals surface area (Å²) in [6.07, 6.45) is 8.50. The Hall–Kier alpha value is -3.60. The van der Waals surface area contributed by atoms with Crippen LogP contribution in [-0.2, 0) is 11.4 Å². The molecule has 1 fully saturated rings. The molecule has 2 amide bonds. The van der Waals surface area contributed by atoms with Crippen molar-refractivity contribution in [2.75, 3.05) is 26.3 Å². The number of aliphatic hydroxyl groups is 3. The molecule has 262 valence electrons. The lowest BCUT2D eigenvalue weighted by Crippen LogP contribution is -2.69. The zero-order valence-corrected chi connectivity index (χ0v) is 28.4. The number of amides is 2. The molecule has 2 aliphatic carbocycles. The van der Waals surface area contributed by atoms with Gasteiger partial charge in [0.2, 0.25) is 5.79 Å². The molecule has 0 bridgehead atoms. The Kier molecular flexibility index (Phi) is 12.4. The normalized spacial score (nSPS) is 26.6. The maximum Gasteiger partial charge on any atom is 0.317 e. The summed E-state index contributed by atoms with van der Waals surface area (Å²) in [5.74, 6) is -1.93. The van der Waals surface area contributed by atoms with Crippen LogP contribution < -0.4 is 10.1 Å².